The van der Waals surface area contributed by atoms with E-state index in [0.717, 1.165) is 19.3 Å². The second-order valence-electron chi connectivity index (χ2n) is 2.84. The number of rotatable bonds is 1. The summed E-state index contributed by atoms with van der Waals surface area (Å²) in [5.41, 5.74) is 0.0833. The first-order chi connectivity index (χ1) is 3.69. The van der Waals surface area contributed by atoms with Gasteiger partial charge in [-0.1, -0.05) is 13.8 Å². The Kier molecular flexibility index (Phi) is 1.14. The number of carbonyl (C=O) groups is 1. The second-order valence-corrected chi connectivity index (χ2v) is 2.84. The molecule has 0 unspecified atom stereocenters. The molecule has 1 rings (SSSR count). The molecular weight excluding hydrogens is 100 g/mol. The Morgan fingerprint density at radius 1 is 1.75 bits per heavy atom. The Morgan fingerprint density at radius 3 is 2.38 bits per heavy atom. The third-order valence-corrected chi connectivity index (χ3v) is 2.36. The Bertz CT molecular complexity index is 114. The highest BCUT2D eigenvalue weighted by Gasteiger charge is 2.39. The van der Waals surface area contributed by atoms with E-state index in [-0.39, 0.29) is 5.41 Å². The van der Waals surface area contributed by atoms with Crippen molar-refractivity contribution in [3.05, 3.63) is 0 Å². The summed E-state index contributed by atoms with van der Waals surface area (Å²) in [5.74, 6) is 0.458. The summed E-state index contributed by atoms with van der Waals surface area (Å²) in [6.45, 7) is 4.13. The number of hydrogen-bond acceptors (Lipinski definition) is 1. The van der Waals surface area contributed by atoms with Gasteiger partial charge >= 0.3 is 0 Å². The van der Waals surface area contributed by atoms with Crippen molar-refractivity contribution in [2.75, 3.05) is 0 Å². The first-order valence-corrected chi connectivity index (χ1v) is 3.22. The minimum absolute atomic E-state index is 0.0833. The molecule has 8 heavy (non-hydrogen) atoms. The minimum Gasteiger partial charge on any atom is -0.299 e. The second kappa shape index (κ2) is 1.57. The van der Waals surface area contributed by atoms with Crippen LogP contribution in [0.25, 0.3) is 0 Å². The third kappa shape index (κ3) is 0.575. The van der Waals surface area contributed by atoms with Crippen LogP contribution in [-0.2, 0) is 4.79 Å². The van der Waals surface area contributed by atoms with Gasteiger partial charge in [0.25, 0.3) is 0 Å². The maximum atomic E-state index is 10.8. The van der Waals surface area contributed by atoms with Crippen LogP contribution in [0.2, 0.25) is 0 Å². The SMILES string of the molecule is CC[C@]1(C)CCC1=O. The first kappa shape index (κ1) is 5.80. The Hall–Kier alpha value is -0.330. The van der Waals surface area contributed by atoms with Crippen molar-refractivity contribution in [2.45, 2.75) is 33.1 Å². The molecule has 0 aliphatic heterocycles. The molecule has 1 aliphatic carbocycles. The fraction of sp³-hybridized carbons (Fsp3) is 0.857. The lowest BCUT2D eigenvalue weighted by Crippen LogP contribution is -2.36. The molecule has 0 aromatic carbocycles. The highest BCUT2D eigenvalue weighted by molar-refractivity contribution is 5.89. The molecular formula is C7H12O. The zero-order chi connectivity index (χ0) is 6.20. The van der Waals surface area contributed by atoms with Gasteiger partial charge in [0.2, 0.25) is 0 Å². The summed E-state index contributed by atoms with van der Waals surface area (Å²) in [7, 11) is 0. The van der Waals surface area contributed by atoms with E-state index in [9.17, 15) is 4.79 Å². The van der Waals surface area contributed by atoms with Crippen molar-refractivity contribution >= 4 is 5.78 Å². The highest BCUT2D eigenvalue weighted by atomic mass is 16.1. The van der Waals surface area contributed by atoms with E-state index in [0.29, 0.717) is 5.78 Å². The van der Waals surface area contributed by atoms with Crippen molar-refractivity contribution in [3.63, 3.8) is 0 Å². The molecule has 0 saturated heterocycles. The number of Topliss-reactive ketones (excluding diaryl/α,β-unsaturated/α-hetero) is 1. The normalized spacial score (nSPS) is 37.0. The molecule has 46 valence electrons. The summed E-state index contributed by atoms with van der Waals surface area (Å²) >= 11 is 0. The molecule has 1 fully saturated rings. The predicted octanol–water partition coefficient (Wildman–Crippen LogP) is 1.77. The van der Waals surface area contributed by atoms with Crippen LogP contribution in [0.5, 0.6) is 0 Å². The summed E-state index contributed by atoms with van der Waals surface area (Å²) in [5, 5.41) is 0. The lowest BCUT2D eigenvalue weighted by Gasteiger charge is -2.35. The van der Waals surface area contributed by atoms with Crippen LogP contribution >= 0.6 is 0 Å². The lowest BCUT2D eigenvalue weighted by molar-refractivity contribution is -0.136. The Balaban J connectivity index is 2.55. The average molecular weight is 112 g/mol. The summed E-state index contributed by atoms with van der Waals surface area (Å²) in [6, 6.07) is 0. The quantitative estimate of drug-likeness (QED) is 0.505. The van der Waals surface area contributed by atoms with Gasteiger partial charge in [0.15, 0.2) is 0 Å². The van der Waals surface area contributed by atoms with E-state index in [1.807, 2.05) is 0 Å². The molecule has 0 N–H and O–H groups in total. The zero-order valence-electron chi connectivity index (χ0n) is 5.53. The van der Waals surface area contributed by atoms with Gasteiger partial charge in [-0.25, -0.2) is 0 Å². The molecule has 0 aromatic rings. The number of hydrogen-bond donors (Lipinski definition) is 0. The van der Waals surface area contributed by atoms with E-state index in [4.69, 9.17) is 0 Å². The molecule has 1 heteroatoms. The van der Waals surface area contributed by atoms with E-state index in [1.54, 1.807) is 0 Å². The summed E-state index contributed by atoms with van der Waals surface area (Å²) in [6.07, 6.45) is 2.96. The van der Waals surface area contributed by atoms with Crippen LogP contribution in [0, 0.1) is 5.41 Å². The van der Waals surface area contributed by atoms with Crippen LogP contribution in [0.4, 0.5) is 0 Å². The van der Waals surface area contributed by atoms with Gasteiger partial charge in [-0.05, 0) is 12.8 Å². The maximum absolute atomic E-state index is 10.8. The van der Waals surface area contributed by atoms with E-state index >= 15 is 0 Å². The van der Waals surface area contributed by atoms with Gasteiger partial charge in [0.05, 0.1) is 0 Å². The molecule has 0 aromatic heterocycles. The van der Waals surface area contributed by atoms with Crippen LogP contribution in [0.3, 0.4) is 0 Å². The standard InChI is InChI=1S/C7H12O/c1-3-7(2)5-4-6(7)8/h3-5H2,1-2H3/t7-/m1/s1. The van der Waals surface area contributed by atoms with Crippen LogP contribution in [-0.4, -0.2) is 5.78 Å². The van der Waals surface area contributed by atoms with Gasteiger partial charge in [-0.2, -0.15) is 0 Å². The van der Waals surface area contributed by atoms with Gasteiger partial charge < -0.3 is 0 Å². The van der Waals surface area contributed by atoms with Gasteiger partial charge in [-0.15, -0.1) is 0 Å². The molecule has 0 spiro atoms. The molecule has 1 atom stereocenters. The van der Waals surface area contributed by atoms with Crippen molar-refractivity contribution in [3.8, 4) is 0 Å². The minimum atomic E-state index is 0.0833. The van der Waals surface area contributed by atoms with Crippen molar-refractivity contribution in [1.82, 2.24) is 0 Å². The molecule has 0 bridgehead atoms. The smallest absolute Gasteiger partial charge is 0.138 e. The largest absolute Gasteiger partial charge is 0.299 e. The molecule has 1 saturated carbocycles. The Labute approximate surface area is 50.1 Å². The summed E-state index contributed by atoms with van der Waals surface area (Å²) < 4.78 is 0. The monoisotopic (exact) mass is 112 g/mol. The summed E-state index contributed by atoms with van der Waals surface area (Å²) in [4.78, 5) is 10.8. The molecule has 1 aliphatic rings. The van der Waals surface area contributed by atoms with Crippen molar-refractivity contribution < 1.29 is 4.79 Å². The topological polar surface area (TPSA) is 17.1 Å². The fourth-order valence-corrected chi connectivity index (χ4v) is 1.03. The van der Waals surface area contributed by atoms with E-state index in [1.165, 1.54) is 0 Å². The van der Waals surface area contributed by atoms with Crippen LogP contribution in [0.1, 0.15) is 33.1 Å². The fourth-order valence-electron chi connectivity index (χ4n) is 1.03. The van der Waals surface area contributed by atoms with Crippen molar-refractivity contribution in [2.24, 2.45) is 5.41 Å². The number of ketones is 1. The van der Waals surface area contributed by atoms with Gasteiger partial charge in [-0.3, -0.25) is 4.79 Å². The third-order valence-electron chi connectivity index (χ3n) is 2.36. The van der Waals surface area contributed by atoms with Crippen LogP contribution < -0.4 is 0 Å². The predicted molar refractivity (Wildman–Crippen MR) is 32.6 cm³/mol. The maximum Gasteiger partial charge on any atom is 0.138 e. The van der Waals surface area contributed by atoms with Gasteiger partial charge in [0, 0.05) is 11.8 Å². The van der Waals surface area contributed by atoms with Gasteiger partial charge in [0.1, 0.15) is 5.78 Å². The van der Waals surface area contributed by atoms with Crippen LogP contribution in [0.15, 0.2) is 0 Å². The lowest BCUT2D eigenvalue weighted by atomic mass is 9.67. The average Bonchev–Trinajstić information content (AvgIpc) is 1.83. The zero-order valence-corrected chi connectivity index (χ0v) is 5.53. The first-order valence-electron chi connectivity index (χ1n) is 3.22. The molecule has 0 radical (unpaired) electrons. The van der Waals surface area contributed by atoms with E-state index in [2.05, 4.69) is 13.8 Å². The molecule has 0 heterocycles. The molecule has 0 amide bonds. The highest BCUT2D eigenvalue weighted by Crippen LogP contribution is 2.39. The number of carbonyl (C=O) groups excluding carboxylic acids is 1. The van der Waals surface area contributed by atoms with Crippen molar-refractivity contribution in [1.29, 1.82) is 0 Å². The molecule has 1 nitrogen and oxygen atoms in total. The van der Waals surface area contributed by atoms with E-state index < -0.39 is 0 Å². The Morgan fingerprint density at radius 2 is 2.38 bits per heavy atom.